The summed E-state index contributed by atoms with van der Waals surface area (Å²) in [7, 11) is 0. The van der Waals surface area contributed by atoms with Gasteiger partial charge in [0.25, 0.3) is 0 Å². The van der Waals surface area contributed by atoms with Crippen LogP contribution in [-0.4, -0.2) is 28.1 Å². The van der Waals surface area contributed by atoms with Crippen LogP contribution in [0.4, 0.5) is 0 Å². The molecule has 4 heteroatoms. The number of aromatic nitrogens is 2. The smallest absolute Gasteiger partial charge is 0.182 e. The molecule has 1 unspecified atom stereocenters. The second kappa shape index (κ2) is 4.95. The first-order valence-corrected chi connectivity index (χ1v) is 8.00. The van der Waals surface area contributed by atoms with Gasteiger partial charge >= 0.3 is 0 Å². The van der Waals surface area contributed by atoms with Crippen molar-refractivity contribution in [1.29, 1.82) is 0 Å². The summed E-state index contributed by atoms with van der Waals surface area (Å²) in [6, 6.07) is 5.87. The maximum absolute atomic E-state index is 13.1. The molecule has 1 aromatic heterocycles. The number of benzene rings is 1. The van der Waals surface area contributed by atoms with Crippen LogP contribution < -0.4 is 5.32 Å². The van der Waals surface area contributed by atoms with E-state index >= 15 is 0 Å². The van der Waals surface area contributed by atoms with E-state index in [9.17, 15) is 4.79 Å². The summed E-state index contributed by atoms with van der Waals surface area (Å²) in [6.07, 6.45) is 8.78. The Kier molecular flexibility index (Phi) is 3.07. The molecule has 1 saturated carbocycles. The fraction of sp³-hybridized carbons (Fsp3) is 0.529. The molecule has 2 fully saturated rings. The lowest BCUT2D eigenvalue weighted by Crippen LogP contribution is -2.49. The molecule has 110 valence electrons. The average Bonchev–Trinajstić information content (AvgIpc) is 3.11. The number of rotatable bonds is 4. The lowest BCUT2D eigenvalue weighted by atomic mass is 9.72. The number of hydrogen-bond donors (Lipinski definition) is 2. The summed E-state index contributed by atoms with van der Waals surface area (Å²) in [5, 5.41) is 11.5. The molecule has 2 N–H and O–H groups in total. The predicted molar refractivity (Wildman–Crippen MR) is 82.3 cm³/mol. The second-order valence-corrected chi connectivity index (χ2v) is 6.61. The molecule has 4 rings (SSSR count). The van der Waals surface area contributed by atoms with Crippen LogP contribution in [0.2, 0.25) is 0 Å². The summed E-state index contributed by atoms with van der Waals surface area (Å²) in [6.45, 7) is 0.965. The highest BCUT2D eigenvalue weighted by molar-refractivity contribution is 6.05. The maximum Gasteiger partial charge on any atom is 0.182 e. The van der Waals surface area contributed by atoms with E-state index in [1.165, 1.54) is 19.3 Å². The van der Waals surface area contributed by atoms with Gasteiger partial charge in [-0.15, -0.1) is 0 Å². The number of hydrogen-bond acceptors (Lipinski definition) is 3. The van der Waals surface area contributed by atoms with Crippen molar-refractivity contribution in [2.24, 2.45) is 5.92 Å². The summed E-state index contributed by atoms with van der Waals surface area (Å²) in [4.78, 5) is 13.1. The summed E-state index contributed by atoms with van der Waals surface area (Å²) >= 11 is 0. The Labute approximate surface area is 124 Å². The number of carbonyl (C=O) groups is 1. The van der Waals surface area contributed by atoms with Crippen molar-refractivity contribution < 1.29 is 4.79 Å². The number of nitrogens with zero attached hydrogens (tertiary/aromatic N) is 1. The molecule has 1 aliphatic carbocycles. The molecule has 0 amide bonds. The van der Waals surface area contributed by atoms with Crippen molar-refractivity contribution in [3.05, 3.63) is 30.0 Å². The lowest BCUT2D eigenvalue weighted by Gasteiger charge is -2.36. The van der Waals surface area contributed by atoms with Gasteiger partial charge in [0.2, 0.25) is 0 Å². The van der Waals surface area contributed by atoms with Crippen LogP contribution in [0.5, 0.6) is 0 Å². The molecule has 1 saturated heterocycles. The molecule has 2 aliphatic rings. The van der Waals surface area contributed by atoms with E-state index in [2.05, 4.69) is 15.5 Å². The molecule has 0 spiro atoms. The normalized spacial score (nSPS) is 26.1. The van der Waals surface area contributed by atoms with Gasteiger partial charge < -0.3 is 5.32 Å². The van der Waals surface area contributed by atoms with Gasteiger partial charge in [-0.25, -0.2) is 0 Å². The summed E-state index contributed by atoms with van der Waals surface area (Å²) in [5.41, 5.74) is 1.49. The summed E-state index contributed by atoms with van der Waals surface area (Å²) in [5.74, 6) is 1.01. The zero-order valence-electron chi connectivity index (χ0n) is 12.2. The minimum Gasteiger partial charge on any atom is -0.305 e. The standard InChI is InChI=1S/C17H21N3O/c21-16(13-5-6-15-14(9-13)11-19-20-15)17(7-2-8-18-17)10-12-3-1-4-12/h5-6,9,11-12,18H,1-4,7-8,10H2,(H,19,20). The Balaban J connectivity index is 1.66. The SMILES string of the molecule is O=C(c1ccc2[nH]ncc2c1)C1(CC2CCC2)CCCN1. The average molecular weight is 283 g/mol. The highest BCUT2D eigenvalue weighted by Gasteiger charge is 2.43. The van der Waals surface area contributed by atoms with Crippen molar-refractivity contribution in [1.82, 2.24) is 15.5 Å². The number of carbonyl (C=O) groups excluding carboxylic acids is 1. The minimum absolute atomic E-state index is 0.273. The first-order chi connectivity index (χ1) is 10.3. The molecule has 1 aromatic carbocycles. The third kappa shape index (κ3) is 2.18. The van der Waals surface area contributed by atoms with E-state index in [0.29, 0.717) is 0 Å². The highest BCUT2D eigenvalue weighted by Crippen LogP contribution is 2.38. The first-order valence-electron chi connectivity index (χ1n) is 8.00. The van der Waals surface area contributed by atoms with Crippen LogP contribution in [-0.2, 0) is 0 Å². The van der Waals surface area contributed by atoms with Gasteiger partial charge in [0.05, 0.1) is 17.3 Å². The molecule has 0 bridgehead atoms. The molecule has 1 atom stereocenters. The maximum atomic E-state index is 13.1. The number of aromatic amines is 1. The molecule has 4 nitrogen and oxygen atoms in total. The van der Waals surface area contributed by atoms with Crippen LogP contribution in [0.1, 0.15) is 48.9 Å². The number of Topliss-reactive ketones (excluding diaryl/α,β-unsaturated/α-hetero) is 1. The van der Waals surface area contributed by atoms with Gasteiger partial charge in [-0.05, 0) is 49.9 Å². The number of nitrogens with one attached hydrogen (secondary N) is 2. The fourth-order valence-corrected chi connectivity index (χ4v) is 3.82. The van der Waals surface area contributed by atoms with Gasteiger partial charge in [0.1, 0.15) is 0 Å². The zero-order valence-corrected chi connectivity index (χ0v) is 12.2. The van der Waals surface area contributed by atoms with Crippen molar-refractivity contribution >= 4 is 16.7 Å². The van der Waals surface area contributed by atoms with Crippen LogP contribution in [0, 0.1) is 5.92 Å². The minimum atomic E-state index is -0.317. The second-order valence-electron chi connectivity index (χ2n) is 6.61. The van der Waals surface area contributed by atoms with Gasteiger partial charge in [0.15, 0.2) is 5.78 Å². The Bertz CT molecular complexity index is 665. The largest absolute Gasteiger partial charge is 0.305 e. The van der Waals surface area contributed by atoms with Crippen LogP contribution in [0.25, 0.3) is 10.9 Å². The number of fused-ring (bicyclic) bond motifs is 1. The predicted octanol–water partition coefficient (Wildman–Crippen LogP) is 3.06. The monoisotopic (exact) mass is 283 g/mol. The Morgan fingerprint density at radius 2 is 2.24 bits per heavy atom. The summed E-state index contributed by atoms with van der Waals surface area (Å²) < 4.78 is 0. The molecule has 21 heavy (non-hydrogen) atoms. The van der Waals surface area contributed by atoms with Gasteiger partial charge in [0, 0.05) is 10.9 Å². The number of ketones is 1. The zero-order chi connectivity index (χ0) is 14.3. The van der Waals surface area contributed by atoms with Gasteiger partial charge in [-0.3, -0.25) is 9.89 Å². The Morgan fingerprint density at radius 1 is 1.33 bits per heavy atom. The fourth-order valence-electron chi connectivity index (χ4n) is 3.82. The first kappa shape index (κ1) is 13.0. The molecule has 0 radical (unpaired) electrons. The molecule has 2 aromatic rings. The molecule has 1 aliphatic heterocycles. The number of H-pyrrole nitrogens is 1. The Hall–Kier alpha value is -1.68. The Morgan fingerprint density at radius 3 is 2.95 bits per heavy atom. The van der Waals surface area contributed by atoms with E-state index < -0.39 is 0 Å². The van der Waals surface area contributed by atoms with Crippen LogP contribution >= 0.6 is 0 Å². The van der Waals surface area contributed by atoms with E-state index in [-0.39, 0.29) is 11.3 Å². The molecule has 2 heterocycles. The van der Waals surface area contributed by atoms with Gasteiger partial charge in [-0.1, -0.05) is 19.3 Å². The third-order valence-electron chi connectivity index (χ3n) is 5.24. The van der Waals surface area contributed by atoms with Crippen LogP contribution in [0.15, 0.2) is 24.4 Å². The van der Waals surface area contributed by atoms with E-state index in [1.807, 2.05) is 18.2 Å². The lowest BCUT2D eigenvalue weighted by molar-refractivity contribution is 0.0812. The van der Waals surface area contributed by atoms with Gasteiger partial charge in [-0.2, -0.15) is 5.10 Å². The highest BCUT2D eigenvalue weighted by atomic mass is 16.1. The van der Waals surface area contributed by atoms with Crippen molar-refractivity contribution in [3.8, 4) is 0 Å². The van der Waals surface area contributed by atoms with E-state index in [0.717, 1.165) is 48.2 Å². The van der Waals surface area contributed by atoms with E-state index in [1.54, 1.807) is 6.20 Å². The van der Waals surface area contributed by atoms with Crippen molar-refractivity contribution in [2.75, 3.05) is 6.54 Å². The topological polar surface area (TPSA) is 57.8 Å². The van der Waals surface area contributed by atoms with E-state index in [4.69, 9.17) is 0 Å². The molecular weight excluding hydrogens is 262 g/mol. The third-order valence-corrected chi connectivity index (χ3v) is 5.24. The van der Waals surface area contributed by atoms with Crippen molar-refractivity contribution in [2.45, 2.75) is 44.1 Å². The van der Waals surface area contributed by atoms with Crippen molar-refractivity contribution in [3.63, 3.8) is 0 Å². The quantitative estimate of drug-likeness (QED) is 0.848. The molecular formula is C17H21N3O. The van der Waals surface area contributed by atoms with Crippen LogP contribution in [0.3, 0.4) is 0 Å².